The summed E-state index contributed by atoms with van der Waals surface area (Å²) in [5.41, 5.74) is 1.38. The number of hydrogen-bond acceptors (Lipinski definition) is 7. The van der Waals surface area contributed by atoms with Gasteiger partial charge in [-0.2, -0.15) is 0 Å². The first kappa shape index (κ1) is 18.1. The third kappa shape index (κ3) is 3.73. The largest absolute Gasteiger partial charge is 0.368 e. The van der Waals surface area contributed by atoms with Crippen LogP contribution in [0.15, 0.2) is 23.0 Å². The van der Waals surface area contributed by atoms with Crippen molar-refractivity contribution in [1.82, 2.24) is 30.0 Å². The van der Waals surface area contributed by atoms with Gasteiger partial charge in [0.2, 0.25) is 0 Å². The molecule has 0 aromatic carbocycles. The molecule has 0 radical (unpaired) electrons. The van der Waals surface area contributed by atoms with Gasteiger partial charge in [-0.3, -0.25) is 9.36 Å². The summed E-state index contributed by atoms with van der Waals surface area (Å²) in [4.78, 5) is 25.5. The fourth-order valence-corrected chi connectivity index (χ4v) is 3.40. The number of carbonyl (C=O) groups excluding carboxylic acids is 1. The van der Waals surface area contributed by atoms with Crippen molar-refractivity contribution in [3.8, 4) is 5.82 Å². The molecular weight excluding hydrogens is 358 g/mol. The number of fused-ring (bicyclic) bond motifs is 1. The maximum absolute atomic E-state index is 12.4. The lowest BCUT2D eigenvalue weighted by Gasteiger charge is -2.11. The van der Waals surface area contributed by atoms with Crippen LogP contribution in [0, 0.1) is 13.8 Å². The Kier molecular flexibility index (Phi) is 5.05. The van der Waals surface area contributed by atoms with Crippen molar-refractivity contribution in [2.75, 3.05) is 18.4 Å². The first-order valence-electron chi connectivity index (χ1n) is 9.47. The second-order valence-corrected chi connectivity index (χ2v) is 6.83. The van der Waals surface area contributed by atoms with Gasteiger partial charge < -0.3 is 15.2 Å². The van der Waals surface area contributed by atoms with E-state index in [1.54, 1.807) is 6.20 Å². The molecule has 2 N–H and O–H groups in total. The average molecular weight is 381 g/mol. The van der Waals surface area contributed by atoms with Crippen LogP contribution in [0.2, 0.25) is 0 Å². The van der Waals surface area contributed by atoms with Gasteiger partial charge in [0.15, 0.2) is 5.69 Å². The highest BCUT2D eigenvalue weighted by Gasteiger charge is 2.23. The average Bonchev–Trinajstić information content (AvgIpc) is 3.31. The Balaban J connectivity index is 1.34. The van der Waals surface area contributed by atoms with E-state index in [0.717, 1.165) is 48.6 Å². The summed E-state index contributed by atoms with van der Waals surface area (Å²) in [5, 5.41) is 10.1. The fourth-order valence-electron chi connectivity index (χ4n) is 3.40. The minimum absolute atomic E-state index is 0.192. The molecule has 1 amide bonds. The zero-order chi connectivity index (χ0) is 19.5. The highest BCUT2D eigenvalue weighted by molar-refractivity contribution is 5.93. The molecule has 9 heteroatoms. The number of nitrogens with one attached hydrogen (secondary N) is 2. The van der Waals surface area contributed by atoms with E-state index in [4.69, 9.17) is 4.52 Å². The van der Waals surface area contributed by atoms with Crippen molar-refractivity contribution < 1.29 is 9.32 Å². The summed E-state index contributed by atoms with van der Waals surface area (Å²) in [6.07, 6.45) is 7.48. The lowest BCUT2D eigenvalue weighted by Crippen LogP contribution is -2.30. The van der Waals surface area contributed by atoms with Crippen molar-refractivity contribution in [2.45, 2.75) is 39.5 Å². The maximum Gasteiger partial charge on any atom is 0.273 e. The quantitative estimate of drug-likeness (QED) is 0.628. The topological polar surface area (TPSA) is 111 Å². The molecule has 3 heterocycles. The summed E-state index contributed by atoms with van der Waals surface area (Å²) in [6.45, 7) is 4.74. The van der Waals surface area contributed by atoms with Gasteiger partial charge in [0.05, 0.1) is 0 Å². The zero-order valence-corrected chi connectivity index (χ0v) is 16.0. The second kappa shape index (κ2) is 7.79. The maximum atomic E-state index is 12.4. The van der Waals surface area contributed by atoms with Crippen LogP contribution >= 0.6 is 0 Å². The summed E-state index contributed by atoms with van der Waals surface area (Å²) in [6, 6.07) is 1.86. The van der Waals surface area contributed by atoms with Crippen LogP contribution in [-0.4, -0.2) is 43.7 Å². The number of rotatable bonds is 6. The molecule has 1 aliphatic carbocycles. The number of imidazole rings is 1. The van der Waals surface area contributed by atoms with Gasteiger partial charge in [0.1, 0.15) is 29.0 Å². The Morgan fingerprint density at radius 1 is 1.21 bits per heavy atom. The SMILES string of the molecule is Cc1nc(NCCNC(=O)c2noc3c2CCCC3)cc(-n2ccnc2C)n1. The van der Waals surface area contributed by atoms with Crippen molar-refractivity contribution in [1.29, 1.82) is 0 Å². The Morgan fingerprint density at radius 3 is 2.89 bits per heavy atom. The monoisotopic (exact) mass is 381 g/mol. The summed E-state index contributed by atoms with van der Waals surface area (Å²) < 4.78 is 7.20. The molecule has 3 aromatic heterocycles. The molecule has 1 aliphatic rings. The van der Waals surface area contributed by atoms with Gasteiger partial charge in [-0.15, -0.1) is 0 Å². The lowest BCUT2D eigenvalue weighted by atomic mass is 9.96. The fraction of sp³-hybridized carbons (Fsp3) is 0.421. The van der Waals surface area contributed by atoms with Crippen LogP contribution in [-0.2, 0) is 12.8 Å². The molecule has 0 fully saturated rings. The summed E-state index contributed by atoms with van der Waals surface area (Å²) in [7, 11) is 0. The molecule has 4 rings (SSSR count). The number of aromatic nitrogens is 5. The Hall–Kier alpha value is -3.23. The number of carbonyl (C=O) groups is 1. The number of hydrogen-bond donors (Lipinski definition) is 2. The van der Waals surface area contributed by atoms with E-state index in [9.17, 15) is 4.79 Å². The molecule has 146 valence electrons. The first-order valence-corrected chi connectivity index (χ1v) is 9.47. The lowest BCUT2D eigenvalue weighted by molar-refractivity contribution is 0.0945. The Morgan fingerprint density at radius 2 is 2.07 bits per heavy atom. The second-order valence-electron chi connectivity index (χ2n) is 6.83. The number of aryl methyl sites for hydroxylation is 3. The van der Waals surface area contributed by atoms with Gasteiger partial charge in [-0.25, -0.2) is 15.0 Å². The molecule has 0 saturated carbocycles. The van der Waals surface area contributed by atoms with E-state index >= 15 is 0 Å². The van der Waals surface area contributed by atoms with Gasteiger partial charge in [-0.1, -0.05) is 5.16 Å². The third-order valence-corrected chi connectivity index (χ3v) is 4.78. The molecule has 0 aliphatic heterocycles. The highest BCUT2D eigenvalue weighted by Crippen LogP contribution is 2.24. The minimum atomic E-state index is -0.192. The number of anilines is 1. The Bertz CT molecular complexity index is 992. The summed E-state index contributed by atoms with van der Waals surface area (Å²) >= 11 is 0. The van der Waals surface area contributed by atoms with Crippen LogP contribution in [0.25, 0.3) is 5.82 Å². The predicted octanol–water partition coefficient (Wildman–Crippen LogP) is 1.99. The molecule has 0 bridgehead atoms. The smallest absolute Gasteiger partial charge is 0.273 e. The molecule has 0 unspecified atom stereocenters. The van der Waals surface area contributed by atoms with E-state index < -0.39 is 0 Å². The van der Waals surface area contributed by atoms with Crippen molar-refractivity contribution in [3.05, 3.63) is 47.1 Å². The summed E-state index contributed by atoms with van der Waals surface area (Å²) in [5.74, 6) is 3.63. The van der Waals surface area contributed by atoms with E-state index in [-0.39, 0.29) is 5.91 Å². The predicted molar refractivity (Wildman–Crippen MR) is 103 cm³/mol. The van der Waals surface area contributed by atoms with E-state index in [1.807, 2.05) is 30.7 Å². The standard InChI is InChI=1S/C19H23N7O2/c1-12-23-16(11-17(24-12)26-10-9-20-13(26)2)21-7-8-22-19(27)18-14-5-3-4-6-15(14)28-25-18/h9-11H,3-8H2,1-2H3,(H,22,27)(H,21,23,24). The first-order chi connectivity index (χ1) is 13.6. The van der Waals surface area contributed by atoms with E-state index in [1.165, 1.54) is 0 Å². The Labute approximate surface area is 162 Å². The minimum Gasteiger partial charge on any atom is -0.368 e. The molecule has 0 spiro atoms. The van der Waals surface area contributed by atoms with Crippen molar-refractivity contribution in [3.63, 3.8) is 0 Å². The van der Waals surface area contributed by atoms with Crippen LogP contribution in [0.3, 0.4) is 0 Å². The van der Waals surface area contributed by atoms with Crippen molar-refractivity contribution in [2.24, 2.45) is 0 Å². The van der Waals surface area contributed by atoms with Crippen molar-refractivity contribution >= 4 is 11.7 Å². The molecule has 0 atom stereocenters. The van der Waals surface area contributed by atoms with Crippen LogP contribution in [0.4, 0.5) is 5.82 Å². The third-order valence-electron chi connectivity index (χ3n) is 4.78. The molecule has 0 saturated heterocycles. The molecule has 28 heavy (non-hydrogen) atoms. The van der Waals surface area contributed by atoms with Crippen LogP contribution in [0.1, 0.15) is 46.3 Å². The highest BCUT2D eigenvalue weighted by atomic mass is 16.5. The zero-order valence-electron chi connectivity index (χ0n) is 16.0. The van der Waals surface area contributed by atoms with Crippen LogP contribution < -0.4 is 10.6 Å². The number of amides is 1. The van der Waals surface area contributed by atoms with E-state index in [0.29, 0.717) is 30.4 Å². The number of nitrogens with zero attached hydrogens (tertiary/aromatic N) is 5. The molecular formula is C19H23N7O2. The van der Waals surface area contributed by atoms with Gasteiger partial charge in [-0.05, 0) is 33.1 Å². The molecule has 3 aromatic rings. The van der Waals surface area contributed by atoms with Gasteiger partial charge in [0.25, 0.3) is 5.91 Å². The van der Waals surface area contributed by atoms with Gasteiger partial charge in [0, 0.05) is 43.5 Å². The van der Waals surface area contributed by atoms with Gasteiger partial charge >= 0.3 is 0 Å². The normalized spacial score (nSPS) is 13.2. The molecule has 9 nitrogen and oxygen atoms in total. The van der Waals surface area contributed by atoms with E-state index in [2.05, 4.69) is 30.7 Å². The van der Waals surface area contributed by atoms with Crippen LogP contribution in [0.5, 0.6) is 0 Å².